The molecule has 1 aliphatic rings. The average molecular weight is 225 g/mol. The van der Waals surface area contributed by atoms with Gasteiger partial charge in [-0.15, -0.1) is 0 Å². The Bertz CT molecular complexity index is 591. The molecule has 1 aromatic heterocycles. The number of hydrogen-bond acceptors (Lipinski definition) is 1. The lowest BCUT2D eigenvalue weighted by Gasteiger charge is -2.08. The smallest absolute Gasteiger partial charge is 0.187 e. The summed E-state index contributed by atoms with van der Waals surface area (Å²) in [4.78, 5) is 6.78. The number of aromatic amines is 1. The van der Waals surface area contributed by atoms with Crippen LogP contribution in [-0.2, 0) is 0 Å². The maximum absolute atomic E-state index is 7.08. The molecule has 1 aliphatic carbocycles. The molecule has 2 aromatic rings. The first-order valence-corrected chi connectivity index (χ1v) is 6.02. The van der Waals surface area contributed by atoms with E-state index in [1.807, 2.05) is 18.2 Å². The summed E-state index contributed by atoms with van der Waals surface area (Å²) >= 11 is 0. The van der Waals surface area contributed by atoms with Crippen molar-refractivity contribution in [3.63, 3.8) is 0 Å². The third kappa shape index (κ3) is 1.71. The molecule has 0 spiro atoms. The van der Waals surface area contributed by atoms with Crippen molar-refractivity contribution < 1.29 is 0 Å². The Kier molecular flexibility index (Phi) is 2.38. The Morgan fingerprint density at radius 1 is 1.35 bits per heavy atom. The molecule has 1 saturated carbocycles. The molecule has 1 aromatic carbocycles. The molecule has 1 fully saturated rings. The molecule has 2 atom stereocenters. The van der Waals surface area contributed by atoms with Crippen LogP contribution < -0.4 is 5.73 Å². The summed E-state index contributed by atoms with van der Waals surface area (Å²) in [5.41, 5.74) is 9.13. The van der Waals surface area contributed by atoms with Gasteiger partial charge in [0.05, 0.1) is 6.57 Å². The van der Waals surface area contributed by atoms with Crippen LogP contribution in [0.25, 0.3) is 15.7 Å². The summed E-state index contributed by atoms with van der Waals surface area (Å²) in [6.45, 7) is 7.08. The number of hydrogen-bond donors (Lipinski definition) is 2. The van der Waals surface area contributed by atoms with E-state index >= 15 is 0 Å². The highest BCUT2D eigenvalue weighted by Gasteiger charge is 2.25. The standard InChI is InChI=1S/C14H15N3/c1-16-11-4-5-14-12(7-11)13(8-17-14)9-2-3-10(15)6-9/h4-5,7-10,17H,2-3,6,15H2/t9-,10?/m0/s1. The first-order chi connectivity index (χ1) is 8.28. The number of benzene rings is 1. The van der Waals surface area contributed by atoms with E-state index < -0.39 is 0 Å². The summed E-state index contributed by atoms with van der Waals surface area (Å²) in [5, 5.41) is 1.19. The lowest BCUT2D eigenvalue weighted by Crippen LogP contribution is -2.14. The molecule has 3 heteroatoms. The maximum atomic E-state index is 7.08. The van der Waals surface area contributed by atoms with Crippen LogP contribution in [-0.4, -0.2) is 11.0 Å². The monoisotopic (exact) mass is 225 g/mol. The fourth-order valence-electron chi connectivity index (χ4n) is 2.84. The zero-order valence-corrected chi connectivity index (χ0v) is 9.61. The first kappa shape index (κ1) is 10.4. The van der Waals surface area contributed by atoms with Crippen LogP contribution in [0.4, 0.5) is 5.69 Å². The van der Waals surface area contributed by atoms with E-state index in [1.165, 1.54) is 10.9 Å². The van der Waals surface area contributed by atoms with Gasteiger partial charge in [-0.2, -0.15) is 0 Å². The molecule has 17 heavy (non-hydrogen) atoms. The minimum Gasteiger partial charge on any atom is -0.361 e. The highest BCUT2D eigenvalue weighted by atomic mass is 14.7. The number of fused-ring (bicyclic) bond motifs is 1. The maximum Gasteiger partial charge on any atom is 0.187 e. The Morgan fingerprint density at radius 3 is 2.94 bits per heavy atom. The van der Waals surface area contributed by atoms with Crippen molar-refractivity contribution in [3.05, 3.63) is 41.4 Å². The Labute approximate surface area is 100 Å². The van der Waals surface area contributed by atoms with Gasteiger partial charge in [-0.05, 0) is 48.3 Å². The van der Waals surface area contributed by atoms with Crippen LogP contribution in [0, 0.1) is 6.57 Å². The lowest BCUT2D eigenvalue weighted by molar-refractivity contribution is 0.677. The van der Waals surface area contributed by atoms with Gasteiger partial charge in [-0.1, -0.05) is 6.07 Å². The molecule has 1 unspecified atom stereocenters. The van der Waals surface area contributed by atoms with Gasteiger partial charge in [-0.3, -0.25) is 0 Å². The van der Waals surface area contributed by atoms with Crippen LogP contribution in [0.1, 0.15) is 30.7 Å². The van der Waals surface area contributed by atoms with E-state index in [0.717, 1.165) is 24.8 Å². The van der Waals surface area contributed by atoms with E-state index in [9.17, 15) is 0 Å². The van der Waals surface area contributed by atoms with Gasteiger partial charge < -0.3 is 10.7 Å². The predicted octanol–water partition coefficient (Wildman–Crippen LogP) is 3.31. The first-order valence-electron chi connectivity index (χ1n) is 6.02. The molecule has 3 nitrogen and oxygen atoms in total. The molecular formula is C14H15N3. The van der Waals surface area contributed by atoms with Gasteiger partial charge in [-0.25, -0.2) is 4.85 Å². The highest BCUT2D eigenvalue weighted by molar-refractivity contribution is 5.87. The second-order valence-electron chi connectivity index (χ2n) is 4.86. The zero-order chi connectivity index (χ0) is 11.8. The third-order valence-electron chi connectivity index (χ3n) is 3.74. The van der Waals surface area contributed by atoms with Crippen molar-refractivity contribution in [3.8, 4) is 0 Å². The molecule has 3 N–H and O–H groups in total. The van der Waals surface area contributed by atoms with Crippen LogP contribution in [0.5, 0.6) is 0 Å². The van der Waals surface area contributed by atoms with E-state index in [-0.39, 0.29) is 0 Å². The molecule has 0 bridgehead atoms. The van der Waals surface area contributed by atoms with Gasteiger partial charge in [0.1, 0.15) is 0 Å². The van der Waals surface area contributed by atoms with E-state index in [0.29, 0.717) is 17.6 Å². The molecule has 0 aliphatic heterocycles. The molecule has 0 radical (unpaired) electrons. The van der Waals surface area contributed by atoms with E-state index in [2.05, 4.69) is 16.0 Å². The molecule has 1 heterocycles. The van der Waals surface area contributed by atoms with Crippen LogP contribution in [0.3, 0.4) is 0 Å². The number of nitrogens with two attached hydrogens (primary N) is 1. The topological polar surface area (TPSA) is 46.2 Å². The van der Waals surface area contributed by atoms with Gasteiger partial charge >= 0.3 is 0 Å². The normalized spacial score (nSPS) is 24.0. The lowest BCUT2D eigenvalue weighted by atomic mass is 9.97. The Hall–Kier alpha value is -1.79. The van der Waals surface area contributed by atoms with Gasteiger partial charge in [0.15, 0.2) is 5.69 Å². The molecule has 86 valence electrons. The molecular weight excluding hydrogens is 210 g/mol. The average Bonchev–Trinajstić information content (AvgIpc) is 2.93. The van der Waals surface area contributed by atoms with Gasteiger partial charge in [0.25, 0.3) is 0 Å². The van der Waals surface area contributed by atoms with Crippen molar-refractivity contribution in [2.45, 2.75) is 31.2 Å². The summed E-state index contributed by atoms with van der Waals surface area (Å²) in [7, 11) is 0. The van der Waals surface area contributed by atoms with Crippen molar-refractivity contribution in [1.29, 1.82) is 0 Å². The van der Waals surface area contributed by atoms with Crippen molar-refractivity contribution >= 4 is 16.6 Å². The van der Waals surface area contributed by atoms with Crippen LogP contribution in [0.2, 0.25) is 0 Å². The number of aromatic nitrogens is 1. The Morgan fingerprint density at radius 2 is 2.24 bits per heavy atom. The second kappa shape index (κ2) is 3.90. The zero-order valence-electron chi connectivity index (χ0n) is 9.61. The van der Waals surface area contributed by atoms with Crippen molar-refractivity contribution in [2.24, 2.45) is 5.73 Å². The van der Waals surface area contributed by atoms with E-state index in [4.69, 9.17) is 12.3 Å². The summed E-state index contributed by atoms with van der Waals surface area (Å²) in [6, 6.07) is 6.17. The summed E-state index contributed by atoms with van der Waals surface area (Å²) in [6.07, 6.45) is 5.42. The quantitative estimate of drug-likeness (QED) is 0.718. The van der Waals surface area contributed by atoms with E-state index in [1.54, 1.807) is 0 Å². The SMILES string of the molecule is [C-]#[N+]c1ccc2[nH]cc([C@H]3CCC(N)C3)c2c1. The summed E-state index contributed by atoms with van der Waals surface area (Å²) in [5.74, 6) is 0.555. The van der Waals surface area contributed by atoms with Gasteiger partial charge in [0, 0.05) is 17.8 Å². The minimum atomic E-state index is 0.342. The number of rotatable bonds is 1. The largest absolute Gasteiger partial charge is 0.361 e. The number of H-pyrrole nitrogens is 1. The van der Waals surface area contributed by atoms with Crippen molar-refractivity contribution in [1.82, 2.24) is 4.98 Å². The second-order valence-corrected chi connectivity index (χ2v) is 4.86. The number of nitrogens with zero attached hydrogens (tertiary/aromatic N) is 1. The van der Waals surface area contributed by atoms with Crippen molar-refractivity contribution in [2.75, 3.05) is 0 Å². The molecule has 0 saturated heterocycles. The fraction of sp³-hybridized carbons (Fsp3) is 0.357. The highest BCUT2D eigenvalue weighted by Crippen LogP contribution is 2.38. The third-order valence-corrected chi connectivity index (χ3v) is 3.74. The molecule has 0 amide bonds. The van der Waals surface area contributed by atoms with Gasteiger partial charge in [0.2, 0.25) is 0 Å². The van der Waals surface area contributed by atoms with Crippen LogP contribution in [0.15, 0.2) is 24.4 Å². The predicted molar refractivity (Wildman–Crippen MR) is 69.1 cm³/mol. The minimum absolute atomic E-state index is 0.342. The fourth-order valence-corrected chi connectivity index (χ4v) is 2.84. The summed E-state index contributed by atoms with van der Waals surface area (Å²) < 4.78 is 0. The van der Waals surface area contributed by atoms with Crippen LogP contribution >= 0.6 is 0 Å². The molecule has 3 rings (SSSR count). The number of nitrogens with one attached hydrogen (secondary N) is 1. The Balaban J connectivity index is 2.08.